The molecule has 1 aromatic rings. The van der Waals surface area contributed by atoms with E-state index in [1.54, 1.807) is 7.11 Å². The van der Waals surface area contributed by atoms with Gasteiger partial charge in [-0.2, -0.15) is 5.06 Å². The lowest BCUT2D eigenvalue weighted by molar-refractivity contribution is -0.139. The smallest absolute Gasteiger partial charge is 0.223 e. The minimum Gasteiger partial charge on any atom is -0.497 e. The largest absolute Gasteiger partial charge is 0.497 e. The molecule has 0 radical (unpaired) electrons. The highest BCUT2D eigenvalue weighted by molar-refractivity contribution is 5.76. The van der Waals surface area contributed by atoms with Crippen LogP contribution in [0.3, 0.4) is 0 Å². The van der Waals surface area contributed by atoms with E-state index in [-0.39, 0.29) is 5.91 Å². The molecule has 6 heteroatoms. The lowest BCUT2D eigenvalue weighted by Crippen LogP contribution is -2.43. The number of piperidine rings is 1. The Kier molecular flexibility index (Phi) is 8.77. The van der Waals surface area contributed by atoms with E-state index in [9.17, 15) is 4.79 Å². The SMILES string of the molecule is CCN(C[C@H]1CCCN(CCc2cccc(OC)c2)C1)C(=O)CCN1CCCO1. The van der Waals surface area contributed by atoms with Gasteiger partial charge in [-0.3, -0.25) is 9.63 Å². The number of ether oxygens (including phenoxy) is 1. The normalized spacial score (nSPS) is 20.7. The number of rotatable bonds is 10. The second kappa shape index (κ2) is 11.5. The van der Waals surface area contributed by atoms with E-state index >= 15 is 0 Å². The zero-order valence-electron chi connectivity index (χ0n) is 18.1. The number of likely N-dealkylation sites (tertiary alicyclic amines) is 1. The summed E-state index contributed by atoms with van der Waals surface area (Å²) in [5.41, 5.74) is 1.32. The molecule has 0 aliphatic carbocycles. The molecule has 1 atom stereocenters. The van der Waals surface area contributed by atoms with Gasteiger partial charge in [-0.05, 0) is 62.8 Å². The van der Waals surface area contributed by atoms with Crippen molar-refractivity contribution in [3.05, 3.63) is 29.8 Å². The van der Waals surface area contributed by atoms with Crippen molar-refractivity contribution in [2.75, 3.05) is 59.5 Å². The molecule has 1 amide bonds. The topological polar surface area (TPSA) is 45.2 Å². The molecule has 6 nitrogen and oxygen atoms in total. The first-order valence-corrected chi connectivity index (χ1v) is 11.2. The molecule has 1 aromatic carbocycles. The number of hydrogen-bond acceptors (Lipinski definition) is 5. The van der Waals surface area contributed by atoms with E-state index in [2.05, 4.69) is 30.0 Å². The van der Waals surface area contributed by atoms with Gasteiger partial charge in [-0.15, -0.1) is 0 Å². The Bertz CT molecular complexity index is 634. The molecule has 0 aromatic heterocycles. The van der Waals surface area contributed by atoms with Crippen molar-refractivity contribution in [3.63, 3.8) is 0 Å². The van der Waals surface area contributed by atoms with Crippen molar-refractivity contribution in [1.29, 1.82) is 0 Å². The number of amides is 1. The van der Waals surface area contributed by atoms with Gasteiger partial charge in [-0.25, -0.2) is 0 Å². The summed E-state index contributed by atoms with van der Waals surface area (Å²) in [7, 11) is 1.72. The van der Waals surface area contributed by atoms with Crippen molar-refractivity contribution in [2.45, 2.75) is 39.0 Å². The monoisotopic (exact) mass is 403 g/mol. The first-order chi connectivity index (χ1) is 14.2. The van der Waals surface area contributed by atoms with Crippen LogP contribution in [0.15, 0.2) is 24.3 Å². The first-order valence-electron chi connectivity index (χ1n) is 11.2. The predicted molar refractivity (Wildman–Crippen MR) is 115 cm³/mol. The van der Waals surface area contributed by atoms with Crippen molar-refractivity contribution >= 4 is 5.91 Å². The molecule has 2 saturated heterocycles. The summed E-state index contributed by atoms with van der Waals surface area (Å²) in [6.45, 7) is 9.53. The molecule has 3 rings (SSSR count). The Hall–Kier alpha value is -1.63. The van der Waals surface area contributed by atoms with Crippen LogP contribution in [-0.2, 0) is 16.1 Å². The molecular formula is C23H37N3O3. The van der Waals surface area contributed by atoms with Crippen molar-refractivity contribution in [2.24, 2.45) is 5.92 Å². The van der Waals surface area contributed by atoms with Gasteiger partial charge in [0.15, 0.2) is 0 Å². The summed E-state index contributed by atoms with van der Waals surface area (Å²) < 4.78 is 5.33. The molecule has 0 bridgehead atoms. The molecule has 2 aliphatic heterocycles. The second-order valence-electron chi connectivity index (χ2n) is 8.21. The Balaban J connectivity index is 1.42. The third-order valence-electron chi connectivity index (χ3n) is 6.07. The Morgan fingerprint density at radius 3 is 2.93 bits per heavy atom. The van der Waals surface area contributed by atoms with Gasteiger partial charge in [0.05, 0.1) is 13.7 Å². The second-order valence-corrected chi connectivity index (χ2v) is 8.21. The summed E-state index contributed by atoms with van der Waals surface area (Å²) in [6.07, 6.45) is 5.10. The number of hydroxylamine groups is 2. The third-order valence-corrected chi connectivity index (χ3v) is 6.07. The van der Waals surface area contributed by atoms with Gasteiger partial charge >= 0.3 is 0 Å². The molecule has 0 saturated carbocycles. The van der Waals surface area contributed by atoms with Gasteiger partial charge in [-0.1, -0.05) is 12.1 Å². The maximum Gasteiger partial charge on any atom is 0.223 e. The van der Waals surface area contributed by atoms with Gasteiger partial charge in [0.25, 0.3) is 0 Å². The average molecular weight is 404 g/mol. The molecule has 0 N–H and O–H groups in total. The molecule has 2 heterocycles. The van der Waals surface area contributed by atoms with E-state index in [1.807, 2.05) is 16.0 Å². The first kappa shape index (κ1) is 22.1. The fourth-order valence-corrected chi connectivity index (χ4v) is 4.39. The fourth-order valence-electron chi connectivity index (χ4n) is 4.39. The molecule has 0 spiro atoms. The lowest BCUT2D eigenvalue weighted by atomic mass is 9.96. The van der Waals surface area contributed by atoms with Crippen LogP contribution >= 0.6 is 0 Å². The molecule has 29 heavy (non-hydrogen) atoms. The third kappa shape index (κ3) is 6.98. The van der Waals surface area contributed by atoms with Gasteiger partial charge in [0.1, 0.15) is 5.75 Å². The Morgan fingerprint density at radius 2 is 2.17 bits per heavy atom. The van der Waals surface area contributed by atoms with E-state index in [0.29, 0.717) is 18.9 Å². The lowest BCUT2D eigenvalue weighted by Gasteiger charge is -2.35. The van der Waals surface area contributed by atoms with Gasteiger partial charge < -0.3 is 14.5 Å². The molecule has 0 unspecified atom stereocenters. The number of nitrogens with zero attached hydrogens (tertiary/aromatic N) is 3. The fraction of sp³-hybridized carbons (Fsp3) is 0.696. The number of methoxy groups -OCH3 is 1. The summed E-state index contributed by atoms with van der Waals surface area (Å²) in [5, 5.41) is 1.94. The van der Waals surface area contributed by atoms with Crippen LogP contribution in [0.2, 0.25) is 0 Å². The molecule has 162 valence electrons. The van der Waals surface area contributed by atoms with E-state index in [4.69, 9.17) is 9.57 Å². The van der Waals surface area contributed by atoms with Crippen molar-refractivity contribution in [1.82, 2.24) is 14.9 Å². The van der Waals surface area contributed by atoms with Crippen LogP contribution in [-0.4, -0.2) is 80.3 Å². The minimum atomic E-state index is 0.261. The maximum absolute atomic E-state index is 12.7. The molecule has 2 fully saturated rings. The molecular weight excluding hydrogens is 366 g/mol. The highest BCUT2D eigenvalue weighted by atomic mass is 16.7. The number of carbonyl (C=O) groups is 1. The highest BCUT2D eigenvalue weighted by Crippen LogP contribution is 2.20. The van der Waals surface area contributed by atoms with E-state index in [1.165, 1.54) is 18.4 Å². The van der Waals surface area contributed by atoms with Crippen LogP contribution in [0.25, 0.3) is 0 Å². The average Bonchev–Trinajstić information content (AvgIpc) is 3.28. The zero-order valence-corrected chi connectivity index (χ0v) is 18.1. The van der Waals surface area contributed by atoms with Gasteiger partial charge in [0, 0.05) is 45.7 Å². The quantitative estimate of drug-likeness (QED) is 0.601. The number of benzene rings is 1. The van der Waals surface area contributed by atoms with Crippen molar-refractivity contribution < 1.29 is 14.4 Å². The van der Waals surface area contributed by atoms with Crippen LogP contribution in [0.4, 0.5) is 0 Å². The van der Waals surface area contributed by atoms with Crippen LogP contribution in [0.1, 0.15) is 38.2 Å². The Labute approximate surface area is 175 Å². The van der Waals surface area contributed by atoms with Gasteiger partial charge in [0.2, 0.25) is 5.91 Å². The van der Waals surface area contributed by atoms with Crippen LogP contribution in [0, 0.1) is 5.92 Å². The molecule has 2 aliphatic rings. The summed E-state index contributed by atoms with van der Waals surface area (Å²) in [4.78, 5) is 22.8. The van der Waals surface area contributed by atoms with Crippen LogP contribution < -0.4 is 4.74 Å². The maximum atomic E-state index is 12.7. The minimum absolute atomic E-state index is 0.261. The standard InChI is InChI=1S/C23H37N3O3/c1-3-25(23(27)11-15-26-13-6-16-29-26)19-21-8-5-12-24(18-21)14-10-20-7-4-9-22(17-20)28-2/h4,7,9,17,21H,3,5-6,8,10-16,18-19H2,1-2H3/t21-/m0/s1. The number of hydrogen-bond donors (Lipinski definition) is 0. The summed E-state index contributed by atoms with van der Waals surface area (Å²) in [5.74, 6) is 1.76. The zero-order chi connectivity index (χ0) is 20.5. The number of carbonyl (C=O) groups excluding carboxylic acids is 1. The predicted octanol–water partition coefficient (Wildman–Crippen LogP) is 2.83. The Morgan fingerprint density at radius 1 is 1.28 bits per heavy atom. The van der Waals surface area contributed by atoms with Crippen LogP contribution in [0.5, 0.6) is 5.75 Å². The summed E-state index contributed by atoms with van der Waals surface area (Å²) in [6, 6.07) is 8.35. The van der Waals surface area contributed by atoms with E-state index in [0.717, 1.165) is 64.5 Å². The highest BCUT2D eigenvalue weighted by Gasteiger charge is 2.24. The van der Waals surface area contributed by atoms with E-state index < -0.39 is 0 Å². The summed E-state index contributed by atoms with van der Waals surface area (Å²) >= 11 is 0. The van der Waals surface area contributed by atoms with Crippen molar-refractivity contribution in [3.8, 4) is 5.75 Å².